The van der Waals surface area contributed by atoms with Crippen molar-refractivity contribution >= 4 is 11.8 Å². The Morgan fingerprint density at radius 2 is 1.95 bits per heavy atom. The van der Waals surface area contributed by atoms with Gasteiger partial charge in [-0.15, -0.1) is 0 Å². The standard InChI is InChI=1S/C15H19FO3/c1-9(2)13(15(18)19)8-12(17)7-11-5-4-10(3)6-14(11)16/h4-6,9,13H,7-8H2,1-3H3,(H,18,19)/t13-/m0/s1. The number of carbonyl (C=O) groups is 2. The van der Waals surface area contributed by atoms with Gasteiger partial charge >= 0.3 is 5.97 Å². The number of hydrogen-bond acceptors (Lipinski definition) is 2. The van der Waals surface area contributed by atoms with Crippen LogP contribution in [0.15, 0.2) is 18.2 Å². The highest BCUT2D eigenvalue weighted by atomic mass is 19.1. The summed E-state index contributed by atoms with van der Waals surface area (Å²) in [5, 5.41) is 9.02. The third kappa shape index (κ3) is 4.47. The molecule has 0 fully saturated rings. The van der Waals surface area contributed by atoms with E-state index in [9.17, 15) is 14.0 Å². The smallest absolute Gasteiger partial charge is 0.307 e. The van der Waals surface area contributed by atoms with Crippen LogP contribution >= 0.6 is 0 Å². The molecule has 0 spiro atoms. The Hall–Kier alpha value is -1.71. The van der Waals surface area contributed by atoms with E-state index >= 15 is 0 Å². The largest absolute Gasteiger partial charge is 0.481 e. The Morgan fingerprint density at radius 3 is 2.42 bits per heavy atom. The van der Waals surface area contributed by atoms with Gasteiger partial charge in [-0.2, -0.15) is 0 Å². The lowest BCUT2D eigenvalue weighted by atomic mass is 9.89. The Morgan fingerprint density at radius 1 is 1.32 bits per heavy atom. The number of Topliss-reactive ketones (excluding diaryl/α,β-unsaturated/α-hetero) is 1. The zero-order chi connectivity index (χ0) is 14.6. The fraction of sp³-hybridized carbons (Fsp3) is 0.467. The van der Waals surface area contributed by atoms with Gasteiger partial charge in [-0.05, 0) is 30.0 Å². The highest BCUT2D eigenvalue weighted by Crippen LogP contribution is 2.18. The Bertz CT molecular complexity index is 480. The number of benzene rings is 1. The van der Waals surface area contributed by atoms with E-state index in [0.717, 1.165) is 5.56 Å². The number of hydrogen-bond donors (Lipinski definition) is 1. The first-order valence-electron chi connectivity index (χ1n) is 6.30. The lowest BCUT2D eigenvalue weighted by molar-refractivity contribution is -0.145. The molecule has 0 heterocycles. The van der Waals surface area contributed by atoms with Crippen molar-refractivity contribution < 1.29 is 19.1 Å². The molecule has 1 aromatic rings. The highest BCUT2D eigenvalue weighted by Gasteiger charge is 2.24. The predicted molar refractivity (Wildman–Crippen MR) is 70.4 cm³/mol. The van der Waals surface area contributed by atoms with E-state index in [1.54, 1.807) is 32.9 Å². The molecule has 0 aliphatic carbocycles. The average Bonchev–Trinajstić information content (AvgIpc) is 2.29. The lowest BCUT2D eigenvalue weighted by Crippen LogP contribution is -2.24. The number of carbonyl (C=O) groups excluding carboxylic acids is 1. The summed E-state index contributed by atoms with van der Waals surface area (Å²) in [6.07, 6.45) is -0.108. The number of rotatable bonds is 6. The zero-order valence-corrected chi connectivity index (χ0v) is 11.4. The summed E-state index contributed by atoms with van der Waals surface area (Å²) in [5.41, 5.74) is 1.11. The monoisotopic (exact) mass is 266 g/mol. The minimum absolute atomic E-state index is 0.0530. The number of ketones is 1. The summed E-state index contributed by atoms with van der Waals surface area (Å²) < 4.78 is 13.6. The number of carboxylic acids is 1. The topological polar surface area (TPSA) is 54.4 Å². The van der Waals surface area contributed by atoms with Crippen molar-refractivity contribution in [2.45, 2.75) is 33.6 Å². The third-order valence-electron chi connectivity index (χ3n) is 3.17. The third-order valence-corrected chi connectivity index (χ3v) is 3.17. The average molecular weight is 266 g/mol. The van der Waals surface area contributed by atoms with Gasteiger partial charge in [0.15, 0.2) is 0 Å². The van der Waals surface area contributed by atoms with Crippen molar-refractivity contribution in [3.05, 3.63) is 35.1 Å². The second-order valence-corrected chi connectivity index (χ2v) is 5.20. The van der Waals surface area contributed by atoms with Crippen LogP contribution in [0.4, 0.5) is 4.39 Å². The fourth-order valence-electron chi connectivity index (χ4n) is 1.93. The van der Waals surface area contributed by atoms with Crippen LogP contribution in [0.5, 0.6) is 0 Å². The van der Waals surface area contributed by atoms with Gasteiger partial charge in [0.05, 0.1) is 5.92 Å². The van der Waals surface area contributed by atoms with Crippen molar-refractivity contribution in [2.75, 3.05) is 0 Å². The van der Waals surface area contributed by atoms with Gasteiger partial charge in [0, 0.05) is 12.8 Å². The van der Waals surface area contributed by atoms with Crippen molar-refractivity contribution in [2.24, 2.45) is 11.8 Å². The number of aryl methyl sites for hydroxylation is 1. The molecule has 0 saturated carbocycles. The predicted octanol–water partition coefficient (Wildman–Crippen LogP) is 2.99. The molecular formula is C15H19FO3. The molecule has 0 saturated heterocycles. The summed E-state index contributed by atoms with van der Waals surface area (Å²) in [7, 11) is 0. The Kier molecular flexibility index (Phi) is 5.21. The van der Waals surface area contributed by atoms with Gasteiger partial charge in [0.2, 0.25) is 0 Å². The molecule has 1 rings (SSSR count). The molecule has 0 amide bonds. The molecule has 0 aromatic heterocycles. The molecule has 104 valence electrons. The summed E-state index contributed by atoms with van der Waals surface area (Å²) in [6.45, 7) is 5.30. The molecule has 1 atom stereocenters. The minimum atomic E-state index is -0.979. The van der Waals surface area contributed by atoms with Crippen molar-refractivity contribution in [1.82, 2.24) is 0 Å². The molecule has 4 heteroatoms. The summed E-state index contributed by atoms with van der Waals surface area (Å²) in [4.78, 5) is 22.9. The number of carboxylic acid groups (broad SMARTS) is 1. The van der Waals surface area contributed by atoms with Crippen LogP contribution in [0.2, 0.25) is 0 Å². The Balaban J connectivity index is 2.72. The molecular weight excluding hydrogens is 247 g/mol. The van der Waals surface area contributed by atoms with E-state index < -0.39 is 17.7 Å². The summed E-state index contributed by atoms with van der Waals surface area (Å²) in [6, 6.07) is 4.69. The van der Waals surface area contributed by atoms with Gasteiger partial charge in [-0.3, -0.25) is 9.59 Å². The highest BCUT2D eigenvalue weighted by molar-refractivity contribution is 5.85. The van der Waals surface area contributed by atoms with E-state index in [-0.39, 0.29) is 24.5 Å². The second kappa shape index (κ2) is 6.45. The molecule has 0 bridgehead atoms. The summed E-state index contributed by atoms with van der Waals surface area (Å²) >= 11 is 0. The van der Waals surface area contributed by atoms with Gasteiger partial charge in [-0.1, -0.05) is 26.0 Å². The molecule has 0 aliphatic heterocycles. The first-order chi connectivity index (χ1) is 8.81. The lowest BCUT2D eigenvalue weighted by Gasteiger charge is -2.15. The first kappa shape index (κ1) is 15.3. The van der Waals surface area contributed by atoms with Crippen LogP contribution in [-0.4, -0.2) is 16.9 Å². The van der Waals surface area contributed by atoms with E-state index in [1.807, 2.05) is 0 Å². The van der Waals surface area contributed by atoms with E-state index in [4.69, 9.17) is 5.11 Å². The molecule has 0 radical (unpaired) electrons. The van der Waals surface area contributed by atoms with Crippen LogP contribution in [0, 0.1) is 24.6 Å². The van der Waals surface area contributed by atoms with Gasteiger partial charge in [-0.25, -0.2) is 4.39 Å². The van der Waals surface area contributed by atoms with Crippen LogP contribution in [-0.2, 0) is 16.0 Å². The summed E-state index contributed by atoms with van der Waals surface area (Å²) in [5.74, 6) is -2.47. The molecule has 1 N–H and O–H groups in total. The number of halogens is 1. The number of aliphatic carboxylic acids is 1. The quantitative estimate of drug-likeness (QED) is 0.861. The SMILES string of the molecule is Cc1ccc(CC(=O)C[C@H](C(=O)O)C(C)C)c(F)c1. The van der Waals surface area contributed by atoms with Gasteiger partial charge < -0.3 is 5.11 Å². The van der Waals surface area contributed by atoms with Crippen molar-refractivity contribution in [3.8, 4) is 0 Å². The van der Waals surface area contributed by atoms with E-state index in [0.29, 0.717) is 5.56 Å². The first-order valence-corrected chi connectivity index (χ1v) is 6.30. The zero-order valence-electron chi connectivity index (χ0n) is 11.4. The fourth-order valence-corrected chi connectivity index (χ4v) is 1.93. The van der Waals surface area contributed by atoms with Crippen molar-refractivity contribution in [1.29, 1.82) is 0 Å². The van der Waals surface area contributed by atoms with Crippen LogP contribution in [0.1, 0.15) is 31.4 Å². The van der Waals surface area contributed by atoms with Gasteiger partial charge in [0.25, 0.3) is 0 Å². The minimum Gasteiger partial charge on any atom is -0.481 e. The molecule has 1 aromatic carbocycles. The maximum Gasteiger partial charge on any atom is 0.307 e. The Labute approximate surface area is 112 Å². The molecule has 19 heavy (non-hydrogen) atoms. The molecule has 3 nitrogen and oxygen atoms in total. The van der Waals surface area contributed by atoms with E-state index in [2.05, 4.69) is 0 Å². The molecule has 0 aliphatic rings. The van der Waals surface area contributed by atoms with Crippen LogP contribution in [0.3, 0.4) is 0 Å². The maximum absolute atomic E-state index is 13.6. The van der Waals surface area contributed by atoms with Crippen LogP contribution < -0.4 is 0 Å². The van der Waals surface area contributed by atoms with Gasteiger partial charge in [0.1, 0.15) is 11.6 Å². The van der Waals surface area contributed by atoms with Crippen LogP contribution in [0.25, 0.3) is 0 Å². The van der Waals surface area contributed by atoms with Crippen molar-refractivity contribution in [3.63, 3.8) is 0 Å². The van der Waals surface area contributed by atoms with E-state index in [1.165, 1.54) is 6.07 Å². The maximum atomic E-state index is 13.6. The molecule has 0 unspecified atom stereocenters. The second-order valence-electron chi connectivity index (χ2n) is 5.20. The normalized spacial score (nSPS) is 12.5.